The highest BCUT2D eigenvalue weighted by atomic mass is 15.3. The molecule has 2 aromatic heterocycles. The van der Waals surface area contributed by atoms with Crippen molar-refractivity contribution in [3.8, 4) is 11.3 Å². The lowest BCUT2D eigenvalue weighted by Crippen LogP contribution is -2.44. The zero-order chi connectivity index (χ0) is 19.1. The molecule has 0 spiro atoms. The van der Waals surface area contributed by atoms with Crippen LogP contribution in [0.25, 0.3) is 11.3 Å². The molecule has 5 rings (SSSR count). The van der Waals surface area contributed by atoms with Crippen molar-refractivity contribution >= 4 is 11.8 Å². The third kappa shape index (κ3) is 3.48. The van der Waals surface area contributed by atoms with Gasteiger partial charge in [0.1, 0.15) is 5.82 Å². The summed E-state index contributed by atoms with van der Waals surface area (Å²) in [6.45, 7) is 2.37. The molecule has 7 heteroatoms. The van der Waals surface area contributed by atoms with Gasteiger partial charge in [0, 0.05) is 50.0 Å². The van der Waals surface area contributed by atoms with E-state index in [1.54, 1.807) is 0 Å². The minimum Gasteiger partial charge on any atom is -0.383 e. The monoisotopic (exact) mass is 381 g/mol. The summed E-state index contributed by atoms with van der Waals surface area (Å²) in [6.07, 6.45) is 12.1. The largest absolute Gasteiger partial charge is 0.383 e. The zero-order valence-electron chi connectivity index (χ0n) is 16.8. The number of rotatable bonds is 5. The molecule has 3 heterocycles. The van der Waals surface area contributed by atoms with E-state index in [-0.39, 0.29) is 0 Å². The Morgan fingerprint density at radius 1 is 1.11 bits per heavy atom. The maximum Gasteiger partial charge on any atom is 0.227 e. The van der Waals surface area contributed by atoms with Crippen LogP contribution in [0.1, 0.15) is 63.0 Å². The number of nitrogens with zero attached hydrogens (tertiary/aromatic N) is 5. The first-order chi connectivity index (χ1) is 13.7. The average Bonchev–Trinajstić information content (AvgIpc) is 3.21. The Morgan fingerprint density at radius 3 is 2.54 bits per heavy atom. The molecule has 3 aliphatic rings. The number of H-pyrrole nitrogens is 1. The van der Waals surface area contributed by atoms with E-state index >= 15 is 0 Å². The number of anilines is 2. The van der Waals surface area contributed by atoms with E-state index < -0.39 is 0 Å². The van der Waals surface area contributed by atoms with Crippen LogP contribution in [-0.2, 0) is 0 Å². The molecule has 0 unspecified atom stereocenters. The van der Waals surface area contributed by atoms with E-state index in [1.807, 2.05) is 6.20 Å². The van der Waals surface area contributed by atoms with Crippen molar-refractivity contribution in [2.24, 2.45) is 0 Å². The van der Waals surface area contributed by atoms with Gasteiger partial charge in [-0.25, -0.2) is 4.98 Å². The third-order valence-electron chi connectivity index (χ3n) is 6.90. The van der Waals surface area contributed by atoms with Crippen molar-refractivity contribution in [3.05, 3.63) is 18.0 Å². The molecular weight excluding hydrogens is 350 g/mol. The number of nitrogens with one attached hydrogen (secondary N) is 1. The van der Waals surface area contributed by atoms with Crippen LogP contribution < -0.4 is 10.6 Å². The Balaban J connectivity index is 1.28. The molecule has 0 amide bonds. The van der Waals surface area contributed by atoms with Crippen molar-refractivity contribution < 1.29 is 0 Å². The van der Waals surface area contributed by atoms with Crippen LogP contribution in [0.15, 0.2) is 12.3 Å². The van der Waals surface area contributed by atoms with Gasteiger partial charge in [-0.05, 0) is 44.6 Å². The fraction of sp³-hybridized carbons (Fsp3) is 0.667. The molecule has 1 aliphatic heterocycles. The normalized spacial score (nSPS) is 22.0. The lowest BCUT2D eigenvalue weighted by molar-refractivity contribution is 0.201. The van der Waals surface area contributed by atoms with E-state index in [0.29, 0.717) is 17.8 Å². The quantitative estimate of drug-likeness (QED) is 0.827. The fourth-order valence-corrected chi connectivity index (χ4v) is 4.91. The molecule has 2 aromatic rings. The molecule has 0 atom stereocenters. The topological polar surface area (TPSA) is 87.0 Å². The molecular formula is C21H31N7. The highest BCUT2D eigenvalue weighted by Crippen LogP contribution is 2.35. The molecule has 150 valence electrons. The number of hydrogen-bond acceptors (Lipinski definition) is 6. The number of aromatic amines is 1. The smallest absolute Gasteiger partial charge is 0.227 e. The number of aromatic nitrogens is 4. The summed E-state index contributed by atoms with van der Waals surface area (Å²) < 4.78 is 0. The van der Waals surface area contributed by atoms with Gasteiger partial charge in [0.2, 0.25) is 5.95 Å². The average molecular weight is 382 g/mol. The summed E-state index contributed by atoms with van der Waals surface area (Å²) in [4.78, 5) is 14.1. The van der Waals surface area contributed by atoms with Crippen molar-refractivity contribution in [2.45, 2.75) is 69.4 Å². The third-order valence-corrected chi connectivity index (χ3v) is 6.90. The number of nitrogens with two attached hydrogens (primary N) is 1. The van der Waals surface area contributed by atoms with Crippen LogP contribution in [-0.4, -0.2) is 57.3 Å². The number of hydrogen-bond donors (Lipinski definition) is 2. The van der Waals surface area contributed by atoms with E-state index in [4.69, 9.17) is 5.73 Å². The second kappa shape index (κ2) is 7.35. The SMILES string of the molecule is CN(c1ncc(-c2cc(C3CCCC3)[nH]n2)c(N)n1)C1CCN(C2CC2)CC1. The Morgan fingerprint density at radius 2 is 1.86 bits per heavy atom. The molecule has 28 heavy (non-hydrogen) atoms. The minimum atomic E-state index is 0.486. The maximum atomic E-state index is 6.31. The summed E-state index contributed by atoms with van der Waals surface area (Å²) in [6, 6.07) is 3.47. The second-order valence-electron chi connectivity index (χ2n) is 8.77. The Hall–Kier alpha value is -2.15. The molecule has 3 N–H and O–H groups in total. The van der Waals surface area contributed by atoms with E-state index in [1.165, 1.54) is 70.2 Å². The van der Waals surface area contributed by atoms with Crippen LogP contribution in [0.4, 0.5) is 11.8 Å². The van der Waals surface area contributed by atoms with Crippen molar-refractivity contribution in [1.29, 1.82) is 0 Å². The van der Waals surface area contributed by atoms with Crippen molar-refractivity contribution in [3.63, 3.8) is 0 Å². The van der Waals surface area contributed by atoms with Gasteiger partial charge in [0.15, 0.2) is 0 Å². The second-order valence-corrected chi connectivity index (χ2v) is 8.77. The van der Waals surface area contributed by atoms with Gasteiger partial charge in [0.05, 0.1) is 11.3 Å². The predicted octanol–water partition coefficient (Wildman–Crippen LogP) is 3.17. The number of nitrogen functional groups attached to an aromatic ring is 1. The van der Waals surface area contributed by atoms with Crippen LogP contribution in [0.2, 0.25) is 0 Å². The summed E-state index contributed by atoms with van der Waals surface area (Å²) in [5.74, 6) is 1.84. The molecule has 1 saturated heterocycles. The number of piperidine rings is 1. The Kier molecular flexibility index (Phi) is 4.70. The lowest BCUT2D eigenvalue weighted by atomic mass is 10.0. The first kappa shape index (κ1) is 17.9. The summed E-state index contributed by atoms with van der Waals surface area (Å²) in [7, 11) is 2.10. The van der Waals surface area contributed by atoms with Crippen molar-refractivity contribution in [1.82, 2.24) is 25.1 Å². The van der Waals surface area contributed by atoms with Gasteiger partial charge in [-0.15, -0.1) is 0 Å². The molecule has 0 bridgehead atoms. The van der Waals surface area contributed by atoms with Gasteiger partial charge < -0.3 is 15.5 Å². The Labute approximate surface area is 166 Å². The van der Waals surface area contributed by atoms with Crippen molar-refractivity contribution in [2.75, 3.05) is 30.8 Å². The molecule has 3 fully saturated rings. The number of likely N-dealkylation sites (tertiary alicyclic amines) is 1. The molecule has 2 saturated carbocycles. The predicted molar refractivity (Wildman–Crippen MR) is 111 cm³/mol. The maximum absolute atomic E-state index is 6.31. The van der Waals surface area contributed by atoms with Gasteiger partial charge in [-0.3, -0.25) is 5.10 Å². The van der Waals surface area contributed by atoms with Gasteiger partial charge >= 0.3 is 0 Å². The summed E-state index contributed by atoms with van der Waals surface area (Å²) in [5, 5.41) is 7.69. The van der Waals surface area contributed by atoms with Crippen LogP contribution in [0.3, 0.4) is 0 Å². The molecule has 2 aliphatic carbocycles. The Bertz CT molecular complexity index is 814. The van der Waals surface area contributed by atoms with Gasteiger partial charge in [0.25, 0.3) is 0 Å². The molecule has 0 aromatic carbocycles. The lowest BCUT2D eigenvalue weighted by Gasteiger charge is -2.36. The van der Waals surface area contributed by atoms with Gasteiger partial charge in [-0.2, -0.15) is 10.1 Å². The van der Waals surface area contributed by atoms with Crippen LogP contribution in [0.5, 0.6) is 0 Å². The summed E-state index contributed by atoms with van der Waals surface area (Å²) in [5.41, 5.74) is 9.21. The van der Waals surface area contributed by atoms with Crippen LogP contribution in [0, 0.1) is 0 Å². The molecule has 7 nitrogen and oxygen atoms in total. The highest BCUT2D eigenvalue weighted by Gasteiger charge is 2.33. The highest BCUT2D eigenvalue weighted by molar-refractivity contribution is 5.71. The van der Waals surface area contributed by atoms with E-state index in [2.05, 4.69) is 43.1 Å². The standard InChI is InChI=1S/C21H31N7/c1-27(15-8-10-28(11-9-15)16-6-7-16)21-23-13-17(20(22)24-21)19-12-18(25-26-19)14-4-2-3-5-14/h12-16H,2-11H2,1H3,(H,25,26)(H2,22,23,24). The minimum absolute atomic E-state index is 0.486. The fourth-order valence-electron chi connectivity index (χ4n) is 4.91. The summed E-state index contributed by atoms with van der Waals surface area (Å²) >= 11 is 0. The first-order valence-corrected chi connectivity index (χ1v) is 10.8. The van der Waals surface area contributed by atoms with Gasteiger partial charge in [-0.1, -0.05) is 12.8 Å². The zero-order valence-corrected chi connectivity index (χ0v) is 16.8. The van der Waals surface area contributed by atoms with E-state index in [0.717, 1.165) is 23.2 Å². The van der Waals surface area contributed by atoms with E-state index in [9.17, 15) is 0 Å². The van der Waals surface area contributed by atoms with Crippen LogP contribution >= 0.6 is 0 Å². The first-order valence-electron chi connectivity index (χ1n) is 10.8. The molecule has 0 radical (unpaired) electrons.